The van der Waals surface area contributed by atoms with Crippen LogP contribution in [0.15, 0.2) is 36.7 Å². The number of pyridine rings is 1. The van der Waals surface area contributed by atoms with Gasteiger partial charge in [0.15, 0.2) is 0 Å². The summed E-state index contributed by atoms with van der Waals surface area (Å²) in [5.41, 5.74) is 6.79. The Balaban J connectivity index is 2.28. The summed E-state index contributed by atoms with van der Waals surface area (Å²) in [6.45, 7) is 1.94. The van der Waals surface area contributed by atoms with Crippen molar-refractivity contribution < 1.29 is 4.74 Å². The molecule has 1 heterocycles. The Kier molecular flexibility index (Phi) is 4.64. The molecule has 1 aromatic carbocycles. The molecule has 3 nitrogen and oxygen atoms in total. The lowest BCUT2D eigenvalue weighted by atomic mass is 10.1. The predicted molar refractivity (Wildman–Crippen MR) is 78.1 cm³/mol. The first kappa shape index (κ1) is 14.1. The van der Waals surface area contributed by atoms with Crippen molar-refractivity contribution in [2.24, 2.45) is 5.73 Å². The Morgan fingerprint density at radius 3 is 2.68 bits per heavy atom. The molecule has 19 heavy (non-hydrogen) atoms. The molecule has 1 atom stereocenters. The molecule has 0 aliphatic heterocycles. The van der Waals surface area contributed by atoms with Crippen molar-refractivity contribution in [1.29, 1.82) is 0 Å². The number of hydrogen-bond donors (Lipinski definition) is 1. The van der Waals surface area contributed by atoms with Crippen LogP contribution in [0.4, 0.5) is 0 Å². The van der Waals surface area contributed by atoms with E-state index in [-0.39, 0.29) is 6.04 Å². The van der Waals surface area contributed by atoms with E-state index in [1.54, 1.807) is 24.5 Å². The maximum absolute atomic E-state index is 6.00. The molecule has 2 rings (SSSR count). The minimum atomic E-state index is 0.0262. The lowest BCUT2D eigenvalue weighted by molar-refractivity contribution is 0.471. The number of aromatic nitrogens is 1. The highest BCUT2D eigenvalue weighted by Gasteiger charge is 2.09. The van der Waals surface area contributed by atoms with Crippen molar-refractivity contribution in [2.75, 3.05) is 0 Å². The van der Waals surface area contributed by atoms with Crippen molar-refractivity contribution in [3.8, 4) is 11.5 Å². The number of benzene rings is 1. The summed E-state index contributed by atoms with van der Waals surface area (Å²) >= 11 is 11.9. The summed E-state index contributed by atoms with van der Waals surface area (Å²) in [5, 5.41) is 1.19. The van der Waals surface area contributed by atoms with E-state index in [0.717, 1.165) is 5.56 Å². The molecule has 0 bridgehead atoms. The van der Waals surface area contributed by atoms with Gasteiger partial charge in [-0.1, -0.05) is 23.2 Å². The largest absolute Gasteiger partial charge is 0.455 e. The van der Waals surface area contributed by atoms with E-state index >= 15 is 0 Å². The molecule has 0 saturated carbocycles. The Morgan fingerprint density at radius 1 is 1.21 bits per heavy atom. The molecule has 5 heteroatoms. The number of nitrogens with two attached hydrogens (primary N) is 1. The first-order valence-corrected chi connectivity index (χ1v) is 6.62. The quantitative estimate of drug-likeness (QED) is 0.925. The zero-order valence-electron chi connectivity index (χ0n) is 10.4. The SMILES string of the molecule is CC(N)Cc1cc(Cl)ccc1Oc1cncc(Cl)c1. The summed E-state index contributed by atoms with van der Waals surface area (Å²) in [4.78, 5) is 3.98. The molecule has 0 aliphatic carbocycles. The number of halogens is 2. The number of nitrogens with zero attached hydrogens (tertiary/aromatic N) is 1. The maximum atomic E-state index is 6.00. The van der Waals surface area contributed by atoms with Crippen molar-refractivity contribution in [3.05, 3.63) is 52.3 Å². The van der Waals surface area contributed by atoms with Gasteiger partial charge in [0.2, 0.25) is 0 Å². The van der Waals surface area contributed by atoms with E-state index in [2.05, 4.69) is 4.98 Å². The van der Waals surface area contributed by atoms with Gasteiger partial charge in [-0.2, -0.15) is 0 Å². The molecule has 1 unspecified atom stereocenters. The van der Waals surface area contributed by atoms with Gasteiger partial charge >= 0.3 is 0 Å². The van der Waals surface area contributed by atoms with Gasteiger partial charge < -0.3 is 10.5 Å². The van der Waals surface area contributed by atoms with Gasteiger partial charge in [-0.25, -0.2) is 0 Å². The van der Waals surface area contributed by atoms with Crippen molar-refractivity contribution in [1.82, 2.24) is 4.98 Å². The standard InChI is InChI=1S/C14H14Cl2N2O/c1-9(17)4-10-5-11(15)2-3-14(10)19-13-6-12(16)7-18-8-13/h2-3,5-9H,4,17H2,1H3. The molecule has 0 saturated heterocycles. The molecule has 2 aromatic rings. The van der Waals surface area contributed by atoms with E-state index in [4.69, 9.17) is 33.7 Å². The van der Waals surface area contributed by atoms with Crippen LogP contribution in [0.3, 0.4) is 0 Å². The molecule has 0 radical (unpaired) electrons. The van der Waals surface area contributed by atoms with Gasteiger partial charge in [0.25, 0.3) is 0 Å². The lowest BCUT2D eigenvalue weighted by Crippen LogP contribution is -2.18. The molecule has 0 spiro atoms. The molecule has 2 N–H and O–H groups in total. The van der Waals surface area contributed by atoms with E-state index in [1.807, 2.05) is 19.1 Å². The molecule has 100 valence electrons. The highest BCUT2D eigenvalue weighted by molar-refractivity contribution is 6.30. The Morgan fingerprint density at radius 2 is 2.00 bits per heavy atom. The maximum Gasteiger partial charge on any atom is 0.147 e. The van der Waals surface area contributed by atoms with E-state index in [1.165, 1.54) is 0 Å². The van der Waals surface area contributed by atoms with Gasteiger partial charge in [0.1, 0.15) is 11.5 Å². The molecule has 0 fully saturated rings. The average molecular weight is 297 g/mol. The van der Waals surface area contributed by atoms with Crippen LogP contribution in [0, 0.1) is 0 Å². The zero-order valence-corrected chi connectivity index (χ0v) is 11.9. The summed E-state index contributed by atoms with van der Waals surface area (Å²) < 4.78 is 5.79. The molecule has 1 aromatic heterocycles. The van der Waals surface area contributed by atoms with Crippen LogP contribution in [0.2, 0.25) is 10.0 Å². The van der Waals surface area contributed by atoms with Crippen LogP contribution in [0.1, 0.15) is 12.5 Å². The van der Waals surface area contributed by atoms with Crippen molar-refractivity contribution in [2.45, 2.75) is 19.4 Å². The van der Waals surface area contributed by atoms with Crippen LogP contribution in [-0.4, -0.2) is 11.0 Å². The van der Waals surface area contributed by atoms with Crippen molar-refractivity contribution in [3.63, 3.8) is 0 Å². The third-order valence-electron chi connectivity index (χ3n) is 2.47. The second-order valence-electron chi connectivity index (χ2n) is 4.37. The van der Waals surface area contributed by atoms with Crippen LogP contribution in [0.5, 0.6) is 11.5 Å². The fraction of sp³-hybridized carbons (Fsp3) is 0.214. The summed E-state index contributed by atoms with van der Waals surface area (Å²) in [6, 6.07) is 7.19. The number of ether oxygens (including phenoxy) is 1. The van der Waals surface area contributed by atoms with Crippen LogP contribution in [0.25, 0.3) is 0 Å². The summed E-state index contributed by atoms with van der Waals surface area (Å²) in [7, 11) is 0. The second kappa shape index (κ2) is 6.24. The van der Waals surface area contributed by atoms with E-state index in [0.29, 0.717) is 28.0 Å². The minimum Gasteiger partial charge on any atom is -0.455 e. The number of hydrogen-bond acceptors (Lipinski definition) is 3. The Hall–Kier alpha value is -1.29. The summed E-state index contributed by atoms with van der Waals surface area (Å²) in [6.07, 6.45) is 3.85. The molecular formula is C14H14Cl2N2O. The first-order valence-electron chi connectivity index (χ1n) is 5.87. The number of rotatable bonds is 4. The van der Waals surface area contributed by atoms with E-state index < -0.39 is 0 Å². The lowest BCUT2D eigenvalue weighted by Gasteiger charge is -2.13. The first-order chi connectivity index (χ1) is 9.04. The van der Waals surface area contributed by atoms with Gasteiger partial charge in [-0.3, -0.25) is 4.98 Å². The fourth-order valence-corrected chi connectivity index (χ4v) is 2.09. The Labute approximate surface area is 122 Å². The Bertz CT molecular complexity index is 573. The smallest absolute Gasteiger partial charge is 0.147 e. The average Bonchev–Trinajstić information content (AvgIpc) is 2.32. The van der Waals surface area contributed by atoms with Gasteiger partial charge in [-0.15, -0.1) is 0 Å². The van der Waals surface area contributed by atoms with E-state index in [9.17, 15) is 0 Å². The van der Waals surface area contributed by atoms with Crippen LogP contribution >= 0.6 is 23.2 Å². The van der Waals surface area contributed by atoms with Crippen LogP contribution < -0.4 is 10.5 Å². The highest BCUT2D eigenvalue weighted by atomic mass is 35.5. The van der Waals surface area contributed by atoms with Crippen molar-refractivity contribution >= 4 is 23.2 Å². The summed E-state index contributed by atoms with van der Waals surface area (Å²) in [5.74, 6) is 1.30. The van der Waals surface area contributed by atoms with Gasteiger partial charge in [-0.05, 0) is 37.1 Å². The molecule has 0 aliphatic rings. The topological polar surface area (TPSA) is 48.1 Å². The predicted octanol–water partition coefficient (Wildman–Crippen LogP) is 4.07. The molecule has 0 amide bonds. The monoisotopic (exact) mass is 296 g/mol. The third-order valence-corrected chi connectivity index (χ3v) is 2.91. The zero-order chi connectivity index (χ0) is 13.8. The third kappa shape index (κ3) is 4.10. The molecular weight excluding hydrogens is 283 g/mol. The van der Waals surface area contributed by atoms with Gasteiger partial charge in [0.05, 0.1) is 11.2 Å². The fourth-order valence-electron chi connectivity index (χ4n) is 1.73. The highest BCUT2D eigenvalue weighted by Crippen LogP contribution is 2.29. The van der Waals surface area contributed by atoms with Crippen LogP contribution in [-0.2, 0) is 6.42 Å². The normalized spacial score (nSPS) is 12.2. The van der Waals surface area contributed by atoms with Gasteiger partial charge in [0, 0.05) is 23.3 Å². The second-order valence-corrected chi connectivity index (χ2v) is 5.25. The minimum absolute atomic E-state index is 0.0262.